The molecule has 0 saturated carbocycles. The Morgan fingerprint density at radius 1 is 1.33 bits per heavy atom. The largest absolute Gasteiger partial charge is 0.462 e. The lowest BCUT2D eigenvalue weighted by Crippen LogP contribution is -2.36. The Morgan fingerprint density at radius 2 is 2.05 bits per heavy atom. The van der Waals surface area contributed by atoms with E-state index in [4.69, 9.17) is 9.47 Å². The zero-order valence-corrected chi connectivity index (χ0v) is 12.3. The zero-order chi connectivity index (χ0) is 15.2. The SMILES string of the molecule is CCOC(=O)c1ccc(N2CCOCC2)c(NC(C)=O)c1. The van der Waals surface area contributed by atoms with Crippen LogP contribution in [-0.4, -0.2) is 44.8 Å². The molecule has 0 radical (unpaired) electrons. The topological polar surface area (TPSA) is 67.9 Å². The second-order valence-electron chi connectivity index (χ2n) is 4.73. The van der Waals surface area contributed by atoms with Crippen LogP contribution in [0.4, 0.5) is 11.4 Å². The van der Waals surface area contributed by atoms with Gasteiger partial charge in [-0.1, -0.05) is 0 Å². The number of ether oxygens (including phenoxy) is 2. The van der Waals surface area contributed by atoms with Gasteiger partial charge in [0.1, 0.15) is 0 Å². The first-order valence-corrected chi connectivity index (χ1v) is 7.03. The van der Waals surface area contributed by atoms with E-state index in [-0.39, 0.29) is 5.91 Å². The molecule has 0 aliphatic carbocycles. The number of anilines is 2. The molecule has 1 amide bonds. The van der Waals surface area contributed by atoms with E-state index in [1.165, 1.54) is 6.92 Å². The standard InChI is InChI=1S/C15H20N2O4/c1-3-21-15(19)12-4-5-14(13(10-12)16-11(2)18)17-6-8-20-9-7-17/h4-5,10H,3,6-9H2,1-2H3,(H,16,18). The van der Waals surface area contributed by atoms with Crippen LogP contribution in [-0.2, 0) is 14.3 Å². The normalized spacial score (nSPS) is 14.7. The van der Waals surface area contributed by atoms with E-state index < -0.39 is 5.97 Å². The minimum Gasteiger partial charge on any atom is -0.462 e. The third-order valence-electron chi connectivity index (χ3n) is 3.17. The fourth-order valence-corrected chi connectivity index (χ4v) is 2.25. The number of esters is 1. The first-order valence-electron chi connectivity index (χ1n) is 7.03. The quantitative estimate of drug-likeness (QED) is 0.855. The fourth-order valence-electron chi connectivity index (χ4n) is 2.25. The van der Waals surface area contributed by atoms with Gasteiger partial charge in [0.15, 0.2) is 0 Å². The van der Waals surface area contributed by atoms with Crippen LogP contribution in [0, 0.1) is 0 Å². The molecule has 1 saturated heterocycles. The number of rotatable bonds is 4. The molecule has 1 aromatic rings. The van der Waals surface area contributed by atoms with Crippen molar-refractivity contribution in [2.75, 3.05) is 43.1 Å². The van der Waals surface area contributed by atoms with E-state index in [1.807, 2.05) is 6.07 Å². The van der Waals surface area contributed by atoms with Gasteiger partial charge in [0.05, 0.1) is 36.8 Å². The summed E-state index contributed by atoms with van der Waals surface area (Å²) < 4.78 is 10.3. The zero-order valence-electron chi connectivity index (χ0n) is 12.3. The molecular formula is C15H20N2O4. The van der Waals surface area contributed by atoms with E-state index in [1.54, 1.807) is 19.1 Å². The average molecular weight is 292 g/mol. The maximum atomic E-state index is 11.8. The van der Waals surface area contributed by atoms with Crippen LogP contribution in [0.1, 0.15) is 24.2 Å². The number of nitrogens with one attached hydrogen (secondary N) is 1. The first-order chi connectivity index (χ1) is 10.1. The van der Waals surface area contributed by atoms with Crippen molar-refractivity contribution in [1.29, 1.82) is 0 Å². The number of carbonyl (C=O) groups excluding carboxylic acids is 2. The van der Waals surface area contributed by atoms with Crippen LogP contribution >= 0.6 is 0 Å². The van der Waals surface area contributed by atoms with Crippen molar-refractivity contribution in [1.82, 2.24) is 0 Å². The summed E-state index contributed by atoms with van der Waals surface area (Å²) in [6.07, 6.45) is 0. The van der Waals surface area contributed by atoms with Gasteiger partial charge < -0.3 is 19.7 Å². The van der Waals surface area contributed by atoms with Crippen molar-refractivity contribution in [3.05, 3.63) is 23.8 Å². The molecule has 6 heteroatoms. The number of morpholine rings is 1. The molecule has 21 heavy (non-hydrogen) atoms. The first kappa shape index (κ1) is 15.3. The Labute approximate surface area is 124 Å². The smallest absolute Gasteiger partial charge is 0.338 e. The Bertz CT molecular complexity index is 524. The summed E-state index contributed by atoms with van der Waals surface area (Å²) in [5.74, 6) is -0.567. The van der Waals surface area contributed by atoms with Crippen molar-refractivity contribution in [3.8, 4) is 0 Å². The fraction of sp³-hybridized carbons (Fsp3) is 0.467. The molecule has 1 aliphatic heterocycles. The van der Waals surface area contributed by atoms with Crippen LogP contribution in [0.15, 0.2) is 18.2 Å². The maximum absolute atomic E-state index is 11.8. The molecule has 2 rings (SSSR count). The van der Waals surface area contributed by atoms with Gasteiger partial charge in [0.25, 0.3) is 0 Å². The minimum absolute atomic E-state index is 0.175. The molecule has 1 fully saturated rings. The van der Waals surface area contributed by atoms with Crippen molar-refractivity contribution in [3.63, 3.8) is 0 Å². The van der Waals surface area contributed by atoms with Crippen molar-refractivity contribution in [2.45, 2.75) is 13.8 Å². The summed E-state index contributed by atoms with van der Waals surface area (Å²) in [6.45, 7) is 6.34. The number of amides is 1. The van der Waals surface area contributed by atoms with Crippen LogP contribution in [0.3, 0.4) is 0 Å². The summed E-state index contributed by atoms with van der Waals surface area (Å²) in [5.41, 5.74) is 1.94. The highest BCUT2D eigenvalue weighted by atomic mass is 16.5. The Hall–Kier alpha value is -2.08. The molecular weight excluding hydrogens is 272 g/mol. The van der Waals surface area contributed by atoms with Gasteiger partial charge in [-0.3, -0.25) is 4.79 Å². The Balaban J connectivity index is 2.30. The van der Waals surface area contributed by atoms with Crippen LogP contribution in [0.2, 0.25) is 0 Å². The maximum Gasteiger partial charge on any atom is 0.338 e. The lowest BCUT2D eigenvalue weighted by molar-refractivity contribution is -0.114. The van der Waals surface area contributed by atoms with Crippen LogP contribution in [0.25, 0.3) is 0 Å². The predicted octanol–water partition coefficient (Wildman–Crippen LogP) is 1.66. The second-order valence-corrected chi connectivity index (χ2v) is 4.73. The number of nitrogens with zero attached hydrogens (tertiary/aromatic N) is 1. The molecule has 1 aliphatic rings. The summed E-state index contributed by atoms with van der Waals surface area (Å²) >= 11 is 0. The molecule has 114 valence electrons. The van der Waals surface area contributed by atoms with Crippen molar-refractivity contribution in [2.24, 2.45) is 0 Å². The van der Waals surface area contributed by atoms with Crippen molar-refractivity contribution < 1.29 is 19.1 Å². The molecule has 0 unspecified atom stereocenters. The van der Waals surface area contributed by atoms with E-state index in [0.29, 0.717) is 31.1 Å². The third-order valence-corrected chi connectivity index (χ3v) is 3.17. The Morgan fingerprint density at radius 3 is 2.67 bits per heavy atom. The molecule has 6 nitrogen and oxygen atoms in total. The molecule has 1 aromatic carbocycles. The highest BCUT2D eigenvalue weighted by molar-refractivity contribution is 5.97. The minimum atomic E-state index is -0.391. The van der Waals surface area contributed by atoms with Gasteiger partial charge in [-0.15, -0.1) is 0 Å². The molecule has 1 heterocycles. The highest BCUT2D eigenvalue weighted by Gasteiger charge is 2.17. The third kappa shape index (κ3) is 3.95. The van der Waals surface area contributed by atoms with Crippen LogP contribution < -0.4 is 10.2 Å². The van der Waals surface area contributed by atoms with E-state index in [0.717, 1.165) is 18.8 Å². The second kappa shape index (κ2) is 7.08. The number of benzene rings is 1. The number of hydrogen-bond donors (Lipinski definition) is 1. The van der Waals surface area contributed by atoms with E-state index >= 15 is 0 Å². The monoisotopic (exact) mass is 292 g/mol. The lowest BCUT2D eigenvalue weighted by atomic mass is 10.1. The summed E-state index contributed by atoms with van der Waals surface area (Å²) in [4.78, 5) is 25.3. The van der Waals surface area contributed by atoms with Gasteiger partial charge in [0, 0.05) is 20.0 Å². The summed E-state index contributed by atoms with van der Waals surface area (Å²) in [6, 6.07) is 5.21. The molecule has 0 spiro atoms. The predicted molar refractivity (Wildman–Crippen MR) is 79.7 cm³/mol. The van der Waals surface area contributed by atoms with Gasteiger partial charge in [-0.2, -0.15) is 0 Å². The molecule has 1 N–H and O–H groups in total. The molecule has 0 aromatic heterocycles. The summed E-state index contributed by atoms with van der Waals surface area (Å²) in [7, 11) is 0. The number of hydrogen-bond acceptors (Lipinski definition) is 5. The van der Waals surface area contributed by atoms with E-state index in [2.05, 4.69) is 10.2 Å². The number of carbonyl (C=O) groups is 2. The van der Waals surface area contributed by atoms with Gasteiger partial charge >= 0.3 is 5.97 Å². The van der Waals surface area contributed by atoms with E-state index in [9.17, 15) is 9.59 Å². The molecule has 0 bridgehead atoms. The van der Waals surface area contributed by atoms with Crippen LogP contribution in [0.5, 0.6) is 0 Å². The highest BCUT2D eigenvalue weighted by Crippen LogP contribution is 2.28. The lowest BCUT2D eigenvalue weighted by Gasteiger charge is -2.30. The Kier molecular flexibility index (Phi) is 5.16. The molecule has 0 atom stereocenters. The van der Waals surface area contributed by atoms with Crippen molar-refractivity contribution >= 4 is 23.3 Å². The van der Waals surface area contributed by atoms with Gasteiger partial charge in [0.2, 0.25) is 5.91 Å². The summed E-state index contributed by atoms with van der Waals surface area (Å²) in [5, 5.41) is 2.78. The average Bonchev–Trinajstić information content (AvgIpc) is 2.47. The van der Waals surface area contributed by atoms with Gasteiger partial charge in [-0.25, -0.2) is 4.79 Å². The van der Waals surface area contributed by atoms with Gasteiger partial charge in [-0.05, 0) is 25.1 Å².